The van der Waals surface area contributed by atoms with Crippen LogP contribution < -0.4 is 59.2 Å². The number of aliphatic hydroxyl groups excluding tert-OH is 4. The van der Waals surface area contributed by atoms with Crippen molar-refractivity contribution in [1.29, 1.82) is 10.5 Å². The minimum absolute atomic E-state index is 0. The monoisotopic (exact) mass is 2030 g/mol. The van der Waals surface area contributed by atoms with Crippen molar-refractivity contribution in [3.63, 3.8) is 0 Å². The second-order valence-corrected chi connectivity index (χ2v) is 40.2. The number of pyridine rings is 4. The molecule has 20 atom stereocenters. The van der Waals surface area contributed by atoms with Crippen molar-refractivity contribution in [2.45, 2.75) is 183 Å². The number of hydrogen-bond acceptors (Lipinski definition) is 26. The molecule has 8 fully saturated rings. The number of benzene rings is 8. The molecule has 8 aliphatic carbocycles. The maximum absolute atomic E-state index is 13.7. The third-order valence-corrected chi connectivity index (χ3v) is 31.9. The fourth-order valence-electron chi connectivity index (χ4n) is 24.2. The molecule has 4 aromatic heterocycles. The van der Waals surface area contributed by atoms with Gasteiger partial charge in [-0.2, -0.15) is 10.5 Å². The summed E-state index contributed by atoms with van der Waals surface area (Å²) in [6.45, 7) is 1.62. The van der Waals surface area contributed by atoms with E-state index in [0.717, 1.165) is 88.1 Å². The van der Waals surface area contributed by atoms with E-state index in [-0.39, 0.29) is 56.2 Å². The van der Waals surface area contributed by atoms with Gasteiger partial charge in [-0.05, 0) is 144 Å². The van der Waals surface area contributed by atoms with Gasteiger partial charge in [0.15, 0.2) is 44.8 Å². The van der Waals surface area contributed by atoms with Gasteiger partial charge >= 0.3 is 0 Å². The average Bonchev–Trinajstić information content (AvgIpc) is 1.50. The van der Waals surface area contributed by atoms with Gasteiger partial charge in [0.1, 0.15) is 52.1 Å². The van der Waals surface area contributed by atoms with E-state index in [4.69, 9.17) is 37.9 Å². The molecule has 141 heavy (non-hydrogen) atoms. The zero-order chi connectivity index (χ0) is 96.3. The van der Waals surface area contributed by atoms with Crippen molar-refractivity contribution in [2.24, 2.45) is 23.7 Å². The Labute approximate surface area is 835 Å². The van der Waals surface area contributed by atoms with Crippen LogP contribution in [-0.4, -0.2) is 163 Å². The summed E-state index contributed by atoms with van der Waals surface area (Å²) in [6.07, 6.45) is 16.0. The lowest BCUT2D eigenvalue weighted by atomic mass is 9.70. The SMILES string of the molecule is C.C.COc1cncc2c1[C@]1(O)[C@H](O)[C@H](C(=O)NC3CC3)[C@@H](c3ccccc3)[C@]1(c1ccc(Br)cc1)O2.COc1cncc2c1[C@]1(O)[C@H](O)[C@H](CNC3CC3)[C@@H](c3ccccc3)[C@]1(c1ccc(Br)cc1)O2.COc1cncc2c1[C@]1(O)[C@H](O)[C@H](CNC3CC3)[C@@H](c3ccccc3)[C@]1(c1ccc(C#N)cc1)O2.COc1cncc2c1[C@]1(O)[C@H](O)[C@H](CNC3CC3)[C@@H](c3ccccc3)[C@]1(c1ccc(C#N)cc1)O2. The Hall–Kier alpha value is -12.3. The predicted molar refractivity (Wildman–Crippen MR) is 531 cm³/mol. The number of aromatic nitrogens is 4. The number of nitrogens with one attached hydrogen (secondary N) is 4. The highest BCUT2D eigenvalue weighted by molar-refractivity contribution is 9.10. The maximum atomic E-state index is 13.7. The highest BCUT2D eigenvalue weighted by atomic mass is 79.9. The smallest absolute Gasteiger partial charge is 0.226 e. The van der Waals surface area contributed by atoms with Gasteiger partial charge in [0.2, 0.25) is 5.91 Å². The van der Waals surface area contributed by atoms with E-state index >= 15 is 0 Å². The fourth-order valence-corrected chi connectivity index (χ4v) is 24.8. The second-order valence-electron chi connectivity index (χ2n) is 38.3. The summed E-state index contributed by atoms with van der Waals surface area (Å²) in [5.74, 6) is -1.22. The lowest BCUT2D eigenvalue weighted by Crippen LogP contribution is -2.52. The van der Waals surface area contributed by atoms with Gasteiger partial charge in [0.25, 0.3) is 0 Å². The van der Waals surface area contributed by atoms with Crippen molar-refractivity contribution >= 4 is 37.8 Å². The first-order valence-electron chi connectivity index (χ1n) is 47.2. The van der Waals surface area contributed by atoms with Crippen LogP contribution in [0.15, 0.2) is 277 Å². The van der Waals surface area contributed by atoms with Crippen molar-refractivity contribution in [2.75, 3.05) is 48.1 Å². The van der Waals surface area contributed by atoms with Crippen LogP contribution in [0.25, 0.3) is 0 Å². The molecule has 29 heteroatoms. The molecule has 0 spiro atoms. The van der Waals surface area contributed by atoms with E-state index in [0.29, 0.717) is 128 Å². The van der Waals surface area contributed by atoms with Crippen LogP contribution in [-0.2, 0) is 49.6 Å². The molecule has 1 amide bonds. The molecule has 728 valence electrons. The molecule has 0 radical (unpaired) electrons. The largest absolute Gasteiger partial charge is 0.495 e. The van der Waals surface area contributed by atoms with Gasteiger partial charge in [-0.25, -0.2) is 0 Å². The minimum Gasteiger partial charge on any atom is -0.495 e. The molecule has 12 aromatic rings. The number of halogens is 2. The van der Waals surface area contributed by atoms with Gasteiger partial charge in [-0.15, -0.1) is 0 Å². The van der Waals surface area contributed by atoms with Crippen molar-refractivity contribution in [1.82, 2.24) is 41.2 Å². The Balaban J connectivity index is 0.000000119. The Morgan fingerprint density at radius 2 is 0.596 bits per heavy atom. The van der Waals surface area contributed by atoms with Gasteiger partial charge in [0.05, 0.1) is 148 Å². The van der Waals surface area contributed by atoms with Crippen molar-refractivity contribution < 1.29 is 83.5 Å². The molecule has 0 unspecified atom stereocenters. The Morgan fingerprint density at radius 1 is 0.355 bits per heavy atom. The molecule has 4 aliphatic heterocycles. The van der Waals surface area contributed by atoms with E-state index in [1.165, 1.54) is 46.1 Å². The maximum Gasteiger partial charge on any atom is 0.226 e. The highest BCUT2D eigenvalue weighted by Crippen LogP contribution is 2.75. The van der Waals surface area contributed by atoms with E-state index in [9.17, 15) is 56.2 Å². The fraction of sp³-hybridized carbons (Fsp3) is 0.366. The van der Waals surface area contributed by atoms with Crippen molar-refractivity contribution in [3.8, 4) is 58.1 Å². The molecule has 0 bridgehead atoms. The lowest BCUT2D eigenvalue weighted by molar-refractivity contribution is -0.154. The molecule has 27 nitrogen and oxygen atoms in total. The lowest BCUT2D eigenvalue weighted by Gasteiger charge is -2.41. The summed E-state index contributed by atoms with van der Waals surface area (Å²) >= 11 is 7.01. The molecule has 8 aromatic carbocycles. The van der Waals surface area contributed by atoms with E-state index < -0.39 is 92.9 Å². The zero-order valence-corrected chi connectivity index (χ0v) is 79.8. The third-order valence-electron chi connectivity index (χ3n) is 30.9. The molecular weight excluding hydrogens is 1920 g/mol. The van der Waals surface area contributed by atoms with E-state index in [1.54, 1.807) is 56.2 Å². The first-order valence-corrected chi connectivity index (χ1v) is 48.8. The highest BCUT2D eigenvalue weighted by Gasteiger charge is 2.82. The summed E-state index contributed by atoms with van der Waals surface area (Å²) in [4.78, 5) is 30.7. The number of ether oxygens (including phenoxy) is 8. The molecule has 8 heterocycles. The molecular formula is C112H114Br2N10O17. The first-order chi connectivity index (χ1) is 67.5. The second kappa shape index (κ2) is 38.2. The number of nitriles is 2. The number of hydrogen-bond donors (Lipinski definition) is 12. The van der Waals surface area contributed by atoms with Gasteiger partial charge in [-0.1, -0.05) is 217 Å². The minimum atomic E-state index is -1.99. The summed E-state index contributed by atoms with van der Waals surface area (Å²) < 4.78 is 51.2. The molecule has 12 aliphatic rings. The summed E-state index contributed by atoms with van der Waals surface area (Å²) in [5, 5.41) is 131. The van der Waals surface area contributed by atoms with Crippen LogP contribution in [0.3, 0.4) is 0 Å². The Morgan fingerprint density at radius 3 is 0.844 bits per heavy atom. The van der Waals surface area contributed by atoms with Crippen LogP contribution in [0.5, 0.6) is 46.0 Å². The Bertz CT molecular complexity index is 6450. The molecule has 24 rings (SSSR count). The number of aliphatic hydroxyl groups is 8. The van der Waals surface area contributed by atoms with Gasteiger partial charge < -0.3 is 100 Å². The van der Waals surface area contributed by atoms with Crippen LogP contribution >= 0.6 is 31.9 Å². The number of methoxy groups -OCH3 is 4. The molecule has 12 N–H and O–H groups in total. The van der Waals surface area contributed by atoms with Crippen LogP contribution in [0.4, 0.5) is 0 Å². The van der Waals surface area contributed by atoms with Gasteiger partial charge in [-0.3, -0.25) is 24.7 Å². The zero-order valence-electron chi connectivity index (χ0n) is 76.6. The van der Waals surface area contributed by atoms with Crippen LogP contribution in [0.1, 0.15) is 168 Å². The van der Waals surface area contributed by atoms with Gasteiger partial charge in [0, 0.05) is 94.2 Å². The summed E-state index contributed by atoms with van der Waals surface area (Å²) in [6, 6.07) is 74.4. The average molecular weight is 2030 g/mol. The molecule has 0 saturated heterocycles. The number of amides is 1. The third kappa shape index (κ3) is 15.3. The van der Waals surface area contributed by atoms with E-state index in [2.05, 4.69) is 97.3 Å². The number of rotatable bonds is 23. The topological polar surface area (TPSA) is 400 Å². The Kier molecular flexibility index (Phi) is 26.4. The summed E-state index contributed by atoms with van der Waals surface area (Å²) in [7, 11) is 6.06. The van der Waals surface area contributed by atoms with E-state index in [1.807, 2.05) is 182 Å². The summed E-state index contributed by atoms with van der Waals surface area (Å²) in [5.41, 5.74) is -3.85. The quantitative estimate of drug-likeness (QED) is 0.0283. The van der Waals surface area contributed by atoms with Crippen molar-refractivity contribution in [3.05, 3.63) is 355 Å². The number of nitrogens with zero attached hydrogens (tertiary/aromatic N) is 6. The predicted octanol–water partition coefficient (Wildman–Crippen LogP) is 14.4. The van der Waals surface area contributed by atoms with Crippen LogP contribution in [0, 0.1) is 46.3 Å². The number of fused-ring (bicyclic) bond motifs is 12. The standard InChI is InChI=1S/2C28H27N3O4.C27H25BrN2O5.C27H27BrN2O4.2CH4/c2*1-34-22-15-30-16-23-25(22)27(33)26(32)21(14-31-20-11-12-20)24(18-5-3-2-4-6-18)28(27,35-23)19-9-7-17(13-29)8-10-19;1-34-19-13-29-14-20-23(19)26(33)24(31)21(25(32)30-18-11-12-18)22(15-5-3-2-4-6-15)27(26,35-20)16-7-9-17(28)10-8-16;1-33-21-14-29-15-22-24(21)26(32)25(31)20(13-30-19-11-12-19)23(16-5-3-2-4-6-16)27(26,34-22)17-7-9-18(28)10-8-17;;/h2*2-10,15-16,20-21,24,26,31-33H,11-12,14H2,1H3;2-10,13-14,18,21-22,24,31,33H,11-12H2,1H3,(H,30,32);2-10,14-15,19-20,23,25,30-32H,11-13H2,1H3;2*1H4/t2*21-,24-,26-,27+,28+;21-,22-,24-,26+,27+;20-,23-,25-,26+,27+;;/m1111../s1. The first kappa shape index (κ1) is 97.6. The number of carbonyl (C=O) groups excluding carboxylic acids is 1. The van der Waals surface area contributed by atoms with Crippen LogP contribution in [0.2, 0.25) is 0 Å². The normalized spacial score (nSPS) is 30.5. The number of carbonyl (C=O) groups is 1. The molecule has 8 saturated carbocycles.